The van der Waals surface area contributed by atoms with E-state index in [1.807, 2.05) is 46.4 Å². The Morgan fingerprint density at radius 1 is 1.10 bits per heavy atom. The van der Waals surface area contributed by atoms with Gasteiger partial charge in [-0.3, -0.25) is 9.78 Å². The normalized spacial score (nSPS) is 13.1. The van der Waals surface area contributed by atoms with Gasteiger partial charge in [0.05, 0.1) is 11.7 Å². The minimum Gasteiger partial charge on any atom is -0.388 e. The lowest BCUT2D eigenvalue weighted by molar-refractivity contribution is 0.0642. The number of aromatic nitrogens is 1. The van der Waals surface area contributed by atoms with Crippen LogP contribution >= 0.6 is 0 Å². The van der Waals surface area contributed by atoms with E-state index in [2.05, 4.69) is 4.98 Å². The molecule has 4 heteroatoms. The van der Waals surface area contributed by atoms with Crippen LogP contribution in [0.15, 0.2) is 18.5 Å². The molecule has 0 radical (unpaired) electrons. The largest absolute Gasteiger partial charge is 0.388 e. The van der Waals surface area contributed by atoms with E-state index in [4.69, 9.17) is 0 Å². The van der Waals surface area contributed by atoms with Crippen LogP contribution in [0.4, 0.5) is 0 Å². The summed E-state index contributed by atoms with van der Waals surface area (Å²) >= 11 is 0. The molecule has 112 valence electrons. The molecule has 0 saturated heterocycles. The van der Waals surface area contributed by atoms with E-state index in [0.29, 0.717) is 11.1 Å². The molecule has 0 spiro atoms. The fourth-order valence-electron chi connectivity index (χ4n) is 2.34. The average Bonchev–Trinajstić information content (AvgIpc) is 2.36. The highest BCUT2D eigenvalue weighted by Gasteiger charge is 2.23. The predicted molar refractivity (Wildman–Crippen MR) is 80.5 cm³/mol. The molecule has 1 aromatic rings. The summed E-state index contributed by atoms with van der Waals surface area (Å²) in [5.74, 6) is 0.0498. The molecule has 0 aliphatic heterocycles. The minimum absolute atomic E-state index is 0.0414. The Morgan fingerprint density at radius 3 is 2.10 bits per heavy atom. The summed E-state index contributed by atoms with van der Waals surface area (Å²) in [6.45, 7) is 11.9. The molecule has 0 unspecified atom stereocenters. The molecular formula is C16H26N2O2. The first-order chi connectivity index (χ1) is 9.25. The fraction of sp³-hybridized carbons (Fsp3) is 0.625. The second kappa shape index (κ2) is 6.84. The topological polar surface area (TPSA) is 53.4 Å². The van der Waals surface area contributed by atoms with Gasteiger partial charge in [-0.15, -0.1) is 0 Å². The van der Waals surface area contributed by atoms with E-state index in [1.54, 1.807) is 18.5 Å². The number of carbonyl (C=O) groups is 1. The van der Waals surface area contributed by atoms with Crippen LogP contribution in [-0.2, 0) is 0 Å². The van der Waals surface area contributed by atoms with E-state index < -0.39 is 6.10 Å². The van der Waals surface area contributed by atoms with Gasteiger partial charge in [0.15, 0.2) is 0 Å². The number of pyridine rings is 1. The highest BCUT2D eigenvalue weighted by molar-refractivity contribution is 5.94. The van der Waals surface area contributed by atoms with Crippen molar-refractivity contribution in [2.24, 2.45) is 5.92 Å². The van der Waals surface area contributed by atoms with E-state index in [1.165, 1.54) is 0 Å². The Bertz CT molecular complexity index is 448. The summed E-state index contributed by atoms with van der Waals surface area (Å²) < 4.78 is 0. The summed E-state index contributed by atoms with van der Waals surface area (Å²) in [5.41, 5.74) is 1.22. The SMILES string of the molecule is CC(C)[C@H](O)c1cncc(C(=O)N(C(C)C)C(C)C)c1. The quantitative estimate of drug-likeness (QED) is 0.900. The van der Waals surface area contributed by atoms with E-state index in [9.17, 15) is 9.90 Å². The van der Waals surface area contributed by atoms with Gasteiger partial charge in [0.25, 0.3) is 5.91 Å². The van der Waals surface area contributed by atoms with Crippen molar-refractivity contribution in [3.05, 3.63) is 29.6 Å². The molecule has 0 aliphatic carbocycles. The maximum atomic E-state index is 12.6. The molecule has 1 atom stereocenters. The van der Waals surface area contributed by atoms with E-state index >= 15 is 0 Å². The number of aliphatic hydroxyl groups excluding tert-OH is 1. The highest BCUT2D eigenvalue weighted by Crippen LogP contribution is 2.22. The molecular weight excluding hydrogens is 252 g/mol. The lowest BCUT2D eigenvalue weighted by atomic mass is 9.99. The maximum Gasteiger partial charge on any atom is 0.255 e. The van der Waals surface area contributed by atoms with Crippen molar-refractivity contribution in [1.29, 1.82) is 0 Å². The molecule has 20 heavy (non-hydrogen) atoms. The maximum absolute atomic E-state index is 12.6. The van der Waals surface area contributed by atoms with E-state index in [0.717, 1.165) is 0 Å². The van der Waals surface area contributed by atoms with Gasteiger partial charge in [0.1, 0.15) is 0 Å². The molecule has 4 nitrogen and oxygen atoms in total. The van der Waals surface area contributed by atoms with Crippen molar-refractivity contribution in [2.45, 2.75) is 59.7 Å². The zero-order valence-electron chi connectivity index (χ0n) is 13.3. The average molecular weight is 278 g/mol. The number of hydrogen-bond donors (Lipinski definition) is 1. The summed E-state index contributed by atoms with van der Waals surface area (Å²) in [5, 5.41) is 10.1. The van der Waals surface area contributed by atoms with Gasteiger partial charge >= 0.3 is 0 Å². The van der Waals surface area contributed by atoms with Crippen LogP contribution in [0.25, 0.3) is 0 Å². The van der Waals surface area contributed by atoms with Gasteiger partial charge < -0.3 is 10.0 Å². The van der Waals surface area contributed by atoms with Crippen molar-refractivity contribution in [1.82, 2.24) is 9.88 Å². The minimum atomic E-state index is -0.596. The Hall–Kier alpha value is -1.42. The zero-order chi connectivity index (χ0) is 15.4. The fourth-order valence-corrected chi connectivity index (χ4v) is 2.34. The second-order valence-electron chi connectivity index (χ2n) is 6.10. The highest BCUT2D eigenvalue weighted by atomic mass is 16.3. The van der Waals surface area contributed by atoms with Crippen molar-refractivity contribution >= 4 is 5.91 Å². The van der Waals surface area contributed by atoms with Gasteiger partial charge in [0.2, 0.25) is 0 Å². The standard InChI is InChI=1S/C16H26N2O2/c1-10(2)15(19)13-7-14(9-17-8-13)16(20)18(11(3)4)12(5)6/h7-12,15,19H,1-6H3/t15-/m0/s1. The van der Waals surface area contributed by atoms with Crippen LogP contribution in [0, 0.1) is 5.92 Å². The van der Waals surface area contributed by atoms with Gasteiger partial charge in [-0.25, -0.2) is 0 Å². The Morgan fingerprint density at radius 2 is 1.65 bits per heavy atom. The molecule has 0 saturated carbocycles. The number of aliphatic hydroxyl groups is 1. The molecule has 1 amide bonds. The molecule has 1 N–H and O–H groups in total. The third-order valence-electron chi connectivity index (χ3n) is 3.33. The van der Waals surface area contributed by atoms with Crippen molar-refractivity contribution in [2.75, 3.05) is 0 Å². The molecule has 0 bridgehead atoms. The summed E-state index contributed by atoms with van der Waals surface area (Å²) in [7, 11) is 0. The van der Waals surface area contributed by atoms with Gasteiger partial charge in [-0.2, -0.15) is 0 Å². The first-order valence-electron chi connectivity index (χ1n) is 7.21. The first kappa shape index (κ1) is 16.6. The zero-order valence-corrected chi connectivity index (χ0v) is 13.3. The number of carbonyl (C=O) groups excluding carboxylic acids is 1. The third-order valence-corrected chi connectivity index (χ3v) is 3.33. The van der Waals surface area contributed by atoms with Crippen LogP contribution in [0.1, 0.15) is 63.6 Å². The number of hydrogen-bond acceptors (Lipinski definition) is 3. The molecule has 0 aliphatic rings. The third kappa shape index (κ3) is 3.79. The van der Waals surface area contributed by atoms with Gasteiger partial charge in [0, 0.05) is 24.5 Å². The lowest BCUT2D eigenvalue weighted by Gasteiger charge is -2.31. The van der Waals surface area contributed by atoms with Crippen LogP contribution in [0.3, 0.4) is 0 Å². The number of amides is 1. The van der Waals surface area contributed by atoms with Crippen molar-refractivity contribution < 1.29 is 9.90 Å². The van der Waals surface area contributed by atoms with Gasteiger partial charge in [-0.1, -0.05) is 13.8 Å². The summed E-state index contributed by atoms with van der Waals surface area (Å²) in [4.78, 5) is 18.5. The van der Waals surface area contributed by atoms with Gasteiger partial charge in [-0.05, 0) is 45.2 Å². The monoisotopic (exact) mass is 278 g/mol. The summed E-state index contributed by atoms with van der Waals surface area (Å²) in [6.07, 6.45) is 2.59. The summed E-state index contributed by atoms with van der Waals surface area (Å²) in [6, 6.07) is 2.00. The predicted octanol–water partition coefficient (Wildman–Crippen LogP) is 3.03. The molecule has 0 fully saturated rings. The Balaban J connectivity index is 3.08. The van der Waals surface area contributed by atoms with Crippen LogP contribution in [0.2, 0.25) is 0 Å². The molecule has 1 rings (SSSR count). The molecule has 0 aromatic carbocycles. The van der Waals surface area contributed by atoms with Crippen LogP contribution in [0.5, 0.6) is 0 Å². The first-order valence-corrected chi connectivity index (χ1v) is 7.21. The van der Waals surface area contributed by atoms with E-state index in [-0.39, 0.29) is 23.9 Å². The van der Waals surface area contributed by atoms with Crippen LogP contribution < -0.4 is 0 Å². The molecule has 1 aromatic heterocycles. The van der Waals surface area contributed by atoms with Crippen molar-refractivity contribution in [3.63, 3.8) is 0 Å². The van der Waals surface area contributed by atoms with Crippen LogP contribution in [-0.4, -0.2) is 33.0 Å². The number of rotatable bonds is 5. The lowest BCUT2D eigenvalue weighted by Crippen LogP contribution is -2.42. The second-order valence-corrected chi connectivity index (χ2v) is 6.10. The Labute approximate surface area is 121 Å². The number of nitrogens with zero attached hydrogens (tertiary/aromatic N) is 2. The Kier molecular flexibility index (Phi) is 5.69. The molecule has 1 heterocycles. The smallest absolute Gasteiger partial charge is 0.255 e. The van der Waals surface area contributed by atoms with Crippen molar-refractivity contribution in [3.8, 4) is 0 Å².